The Morgan fingerprint density at radius 1 is 0.500 bits per heavy atom. The largest absolute Gasteiger partial charge is 0.0622 e. The van der Waals surface area contributed by atoms with Crippen LogP contribution in [0.5, 0.6) is 0 Å². The standard InChI is InChI=1S/C30H30P2/c1-30(2,3)29(32(27-20-12-6-13-21-27)28-22-14-7-15-23-28)24-31(25-16-8-4-9-17-25)26-18-10-5-11-19-26/h4-24H,1-3H3/b29-24+. The van der Waals surface area contributed by atoms with E-state index in [1.807, 2.05) is 0 Å². The van der Waals surface area contributed by atoms with Crippen LogP contribution in [0.2, 0.25) is 0 Å². The topological polar surface area (TPSA) is 0 Å². The SMILES string of the molecule is CC(C)(C)/C(=C\P(c1ccccc1)c1ccccc1)P(c1ccccc1)c1ccccc1. The molecule has 160 valence electrons. The molecule has 0 unspecified atom stereocenters. The van der Waals surface area contributed by atoms with Crippen molar-refractivity contribution in [3.63, 3.8) is 0 Å². The lowest BCUT2D eigenvalue weighted by molar-refractivity contribution is 0.533. The maximum atomic E-state index is 2.62. The minimum Gasteiger partial charge on any atom is -0.0622 e. The molecule has 0 spiro atoms. The van der Waals surface area contributed by atoms with Gasteiger partial charge in [0.15, 0.2) is 0 Å². The third-order valence-electron chi connectivity index (χ3n) is 5.36. The number of benzene rings is 4. The lowest BCUT2D eigenvalue weighted by Crippen LogP contribution is -2.21. The molecule has 0 aliphatic carbocycles. The van der Waals surface area contributed by atoms with Gasteiger partial charge in [-0.25, -0.2) is 0 Å². The Kier molecular flexibility index (Phi) is 7.36. The predicted octanol–water partition coefficient (Wildman–Crippen LogP) is 7.14. The molecule has 0 saturated carbocycles. The molecule has 4 rings (SSSR count). The van der Waals surface area contributed by atoms with Crippen molar-refractivity contribution in [3.8, 4) is 0 Å². The summed E-state index contributed by atoms with van der Waals surface area (Å²) >= 11 is 0. The zero-order chi connectivity index (χ0) is 22.4. The maximum absolute atomic E-state index is 2.62. The fraction of sp³-hybridized carbons (Fsp3) is 0.133. The number of rotatable bonds is 6. The average Bonchev–Trinajstić information content (AvgIpc) is 2.83. The van der Waals surface area contributed by atoms with Crippen LogP contribution in [0.4, 0.5) is 0 Å². The van der Waals surface area contributed by atoms with Crippen molar-refractivity contribution in [2.75, 3.05) is 0 Å². The summed E-state index contributed by atoms with van der Waals surface area (Å²) < 4.78 is 0. The minimum atomic E-state index is -0.638. The Bertz CT molecular complexity index is 1050. The second-order valence-corrected chi connectivity index (χ2v) is 13.0. The molecule has 0 aromatic heterocycles. The van der Waals surface area contributed by atoms with E-state index in [1.165, 1.54) is 26.5 Å². The summed E-state index contributed by atoms with van der Waals surface area (Å²) in [7, 11) is -1.25. The first-order chi connectivity index (χ1) is 15.5. The molecule has 0 amide bonds. The van der Waals surface area contributed by atoms with Crippen molar-refractivity contribution in [2.45, 2.75) is 20.8 Å². The first kappa shape index (κ1) is 22.7. The Morgan fingerprint density at radius 2 is 0.812 bits per heavy atom. The van der Waals surface area contributed by atoms with Gasteiger partial charge in [0.05, 0.1) is 0 Å². The van der Waals surface area contributed by atoms with Gasteiger partial charge in [0.2, 0.25) is 0 Å². The second-order valence-electron chi connectivity index (χ2n) is 8.81. The quantitative estimate of drug-likeness (QED) is 0.273. The van der Waals surface area contributed by atoms with Gasteiger partial charge in [-0.3, -0.25) is 0 Å². The number of hydrogen-bond donors (Lipinski definition) is 0. The van der Waals surface area contributed by atoms with E-state index < -0.39 is 15.8 Å². The molecule has 32 heavy (non-hydrogen) atoms. The van der Waals surface area contributed by atoms with Gasteiger partial charge in [-0.05, 0) is 53.6 Å². The smallest absolute Gasteiger partial charge is 0.0121 e. The summed E-state index contributed by atoms with van der Waals surface area (Å²) in [6, 6.07) is 44.1. The van der Waals surface area contributed by atoms with Crippen LogP contribution >= 0.6 is 15.8 Å². The lowest BCUT2D eigenvalue weighted by atomic mass is 9.97. The third-order valence-corrected chi connectivity index (χ3v) is 10.7. The van der Waals surface area contributed by atoms with Crippen LogP contribution in [0.25, 0.3) is 0 Å². The highest BCUT2D eigenvalue weighted by molar-refractivity contribution is 7.80. The molecular formula is C30H30P2. The number of allylic oxidation sites excluding steroid dienone is 1. The molecule has 0 aliphatic heterocycles. The van der Waals surface area contributed by atoms with Crippen LogP contribution in [-0.2, 0) is 0 Å². The zero-order valence-electron chi connectivity index (χ0n) is 19.0. The highest BCUT2D eigenvalue weighted by atomic mass is 31.1. The molecule has 2 heteroatoms. The maximum Gasteiger partial charge on any atom is -0.0121 e. The highest BCUT2D eigenvalue weighted by Gasteiger charge is 2.29. The van der Waals surface area contributed by atoms with Gasteiger partial charge in [-0.2, -0.15) is 0 Å². The molecule has 0 aliphatic rings. The van der Waals surface area contributed by atoms with E-state index in [0.717, 1.165) is 0 Å². The predicted molar refractivity (Wildman–Crippen MR) is 146 cm³/mol. The van der Waals surface area contributed by atoms with Crippen LogP contribution in [0.3, 0.4) is 0 Å². The van der Waals surface area contributed by atoms with Crippen molar-refractivity contribution in [1.29, 1.82) is 0 Å². The normalized spacial score (nSPS) is 12.3. The van der Waals surface area contributed by atoms with Gasteiger partial charge in [0, 0.05) is 0 Å². The zero-order valence-corrected chi connectivity index (χ0v) is 20.8. The van der Waals surface area contributed by atoms with Gasteiger partial charge in [-0.1, -0.05) is 142 Å². The molecule has 0 N–H and O–H groups in total. The number of hydrogen-bond acceptors (Lipinski definition) is 0. The van der Waals surface area contributed by atoms with Gasteiger partial charge < -0.3 is 0 Å². The molecule has 0 nitrogen and oxygen atoms in total. The third kappa shape index (κ3) is 5.45. The van der Waals surface area contributed by atoms with E-state index in [2.05, 4.69) is 148 Å². The van der Waals surface area contributed by atoms with E-state index in [-0.39, 0.29) is 5.41 Å². The highest BCUT2D eigenvalue weighted by Crippen LogP contribution is 2.55. The minimum absolute atomic E-state index is 0.0432. The first-order valence-electron chi connectivity index (χ1n) is 11.1. The van der Waals surface area contributed by atoms with Crippen LogP contribution < -0.4 is 21.2 Å². The van der Waals surface area contributed by atoms with Crippen LogP contribution in [0.1, 0.15) is 20.8 Å². The Hall–Kier alpha value is -2.52. The molecule has 0 saturated heterocycles. The van der Waals surface area contributed by atoms with Crippen molar-refractivity contribution < 1.29 is 0 Å². The molecule has 0 atom stereocenters. The summed E-state index contributed by atoms with van der Waals surface area (Å²) in [5.74, 6) is 2.62. The van der Waals surface area contributed by atoms with E-state index >= 15 is 0 Å². The van der Waals surface area contributed by atoms with Gasteiger partial charge in [0.25, 0.3) is 0 Å². The van der Waals surface area contributed by atoms with E-state index in [0.29, 0.717) is 0 Å². The molecule has 0 radical (unpaired) electrons. The first-order valence-corrected chi connectivity index (χ1v) is 13.8. The Labute approximate surface area is 195 Å². The van der Waals surface area contributed by atoms with Crippen molar-refractivity contribution in [3.05, 3.63) is 132 Å². The van der Waals surface area contributed by atoms with Gasteiger partial charge >= 0.3 is 0 Å². The molecular weight excluding hydrogens is 422 g/mol. The molecule has 0 heterocycles. The summed E-state index contributed by atoms with van der Waals surface area (Å²) in [6.07, 6.45) is 0. The molecule has 0 fully saturated rings. The lowest BCUT2D eigenvalue weighted by Gasteiger charge is -2.33. The van der Waals surface area contributed by atoms with E-state index in [9.17, 15) is 0 Å². The summed E-state index contributed by atoms with van der Waals surface area (Å²) in [6.45, 7) is 7.09. The Morgan fingerprint density at radius 3 is 1.12 bits per heavy atom. The fourth-order valence-corrected chi connectivity index (χ4v) is 9.25. The van der Waals surface area contributed by atoms with Crippen molar-refractivity contribution in [2.24, 2.45) is 5.41 Å². The average molecular weight is 453 g/mol. The Balaban J connectivity index is 1.94. The van der Waals surface area contributed by atoms with Crippen molar-refractivity contribution >= 4 is 37.1 Å². The van der Waals surface area contributed by atoms with Gasteiger partial charge in [0.1, 0.15) is 0 Å². The van der Waals surface area contributed by atoms with Crippen LogP contribution in [0, 0.1) is 5.41 Å². The summed E-state index contributed by atoms with van der Waals surface area (Å²) in [5.41, 5.74) is 0.0432. The summed E-state index contributed by atoms with van der Waals surface area (Å²) in [4.78, 5) is 0. The molecule has 0 bridgehead atoms. The second kappa shape index (κ2) is 10.4. The van der Waals surface area contributed by atoms with Crippen LogP contribution in [-0.4, -0.2) is 0 Å². The molecule has 4 aromatic rings. The molecule has 4 aromatic carbocycles. The van der Waals surface area contributed by atoms with Crippen molar-refractivity contribution in [1.82, 2.24) is 0 Å². The van der Waals surface area contributed by atoms with E-state index in [4.69, 9.17) is 0 Å². The van der Waals surface area contributed by atoms with Crippen LogP contribution in [0.15, 0.2) is 132 Å². The summed E-state index contributed by atoms with van der Waals surface area (Å²) in [5, 5.41) is 7.14. The monoisotopic (exact) mass is 452 g/mol. The van der Waals surface area contributed by atoms with Gasteiger partial charge in [-0.15, -0.1) is 0 Å². The van der Waals surface area contributed by atoms with E-state index in [1.54, 1.807) is 0 Å². The fourth-order valence-electron chi connectivity index (χ4n) is 3.77.